The Hall–Kier alpha value is -2.89. The van der Waals surface area contributed by atoms with Gasteiger partial charge < -0.3 is 10.1 Å². The van der Waals surface area contributed by atoms with Gasteiger partial charge in [0, 0.05) is 0 Å². The first-order valence-electron chi connectivity index (χ1n) is 9.15. The maximum absolute atomic E-state index is 13.2. The minimum Gasteiger partial charge on any atom is -0.492 e. The van der Waals surface area contributed by atoms with E-state index in [2.05, 4.69) is 5.32 Å². The van der Waals surface area contributed by atoms with Gasteiger partial charge in [-0.05, 0) is 36.2 Å². The van der Waals surface area contributed by atoms with Gasteiger partial charge in [-0.15, -0.1) is 0 Å². The number of halogens is 1. The van der Waals surface area contributed by atoms with Gasteiger partial charge in [0.1, 0.15) is 23.7 Å². The van der Waals surface area contributed by atoms with E-state index in [4.69, 9.17) is 4.74 Å². The Morgan fingerprint density at radius 3 is 2.44 bits per heavy atom. The van der Waals surface area contributed by atoms with Gasteiger partial charge in [-0.1, -0.05) is 50.1 Å². The third-order valence-corrected chi connectivity index (χ3v) is 4.74. The SMILES string of the molecule is CCCCC1(c2ccccc2)NC(=O)N(CCOc2ccc(F)cc2)C1=O. The maximum Gasteiger partial charge on any atom is 0.325 e. The molecule has 6 heteroatoms. The van der Waals surface area contributed by atoms with Crippen LogP contribution in [0.5, 0.6) is 5.75 Å². The molecular formula is C21H23FN2O3. The fourth-order valence-electron chi connectivity index (χ4n) is 3.29. The highest BCUT2D eigenvalue weighted by Gasteiger charge is 2.51. The van der Waals surface area contributed by atoms with Crippen molar-refractivity contribution in [3.63, 3.8) is 0 Å². The van der Waals surface area contributed by atoms with E-state index in [0.29, 0.717) is 12.2 Å². The number of carbonyl (C=O) groups is 2. The molecule has 0 spiro atoms. The third-order valence-electron chi connectivity index (χ3n) is 4.74. The normalized spacial score (nSPS) is 19.3. The molecule has 0 saturated carbocycles. The second-order valence-electron chi connectivity index (χ2n) is 6.56. The van der Waals surface area contributed by atoms with Crippen LogP contribution in [-0.4, -0.2) is 30.0 Å². The molecule has 3 amide bonds. The van der Waals surface area contributed by atoms with Crippen LogP contribution in [0, 0.1) is 5.82 Å². The number of imide groups is 1. The number of amides is 3. The standard InChI is InChI=1S/C21H23FN2O3/c1-2-3-13-21(16-7-5-4-6-8-16)19(25)24(20(26)23-21)14-15-27-18-11-9-17(22)10-12-18/h4-12H,2-3,13-15H2,1H3,(H,23,26). The van der Waals surface area contributed by atoms with E-state index < -0.39 is 11.6 Å². The van der Waals surface area contributed by atoms with E-state index in [9.17, 15) is 14.0 Å². The van der Waals surface area contributed by atoms with Gasteiger partial charge in [0.25, 0.3) is 5.91 Å². The highest BCUT2D eigenvalue weighted by molar-refractivity contribution is 6.07. The van der Waals surface area contributed by atoms with Crippen molar-refractivity contribution in [1.82, 2.24) is 10.2 Å². The van der Waals surface area contributed by atoms with Crippen LogP contribution < -0.4 is 10.1 Å². The van der Waals surface area contributed by atoms with Crippen molar-refractivity contribution >= 4 is 11.9 Å². The molecule has 0 aromatic heterocycles. The molecule has 5 nitrogen and oxygen atoms in total. The number of benzene rings is 2. The number of unbranched alkanes of at least 4 members (excludes halogenated alkanes) is 1. The number of urea groups is 1. The zero-order chi connectivity index (χ0) is 19.3. The summed E-state index contributed by atoms with van der Waals surface area (Å²) in [5.74, 6) is -0.112. The Bertz CT molecular complexity index is 795. The molecule has 1 aliphatic heterocycles. The largest absolute Gasteiger partial charge is 0.492 e. The molecule has 1 atom stereocenters. The van der Waals surface area contributed by atoms with Gasteiger partial charge in [0.2, 0.25) is 0 Å². The topological polar surface area (TPSA) is 58.6 Å². The van der Waals surface area contributed by atoms with Crippen LogP contribution in [0.1, 0.15) is 31.7 Å². The van der Waals surface area contributed by atoms with Crippen LogP contribution >= 0.6 is 0 Å². The summed E-state index contributed by atoms with van der Waals surface area (Å²) in [5.41, 5.74) is -0.233. The summed E-state index contributed by atoms with van der Waals surface area (Å²) in [6, 6.07) is 14.6. The van der Waals surface area contributed by atoms with Crippen molar-refractivity contribution in [2.24, 2.45) is 0 Å². The average Bonchev–Trinajstić information content (AvgIpc) is 2.93. The average molecular weight is 370 g/mol. The number of nitrogens with zero attached hydrogens (tertiary/aromatic N) is 1. The summed E-state index contributed by atoms with van der Waals surface area (Å²) in [7, 11) is 0. The lowest BCUT2D eigenvalue weighted by Crippen LogP contribution is -2.44. The third kappa shape index (κ3) is 3.94. The molecule has 0 bridgehead atoms. The zero-order valence-electron chi connectivity index (χ0n) is 15.3. The van der Waals surface area contributed by atoms with Gasteiger partial charge >= 0.3 is 6.03 Å². The Morgan fingerprint density at radius 1 is 1.07 bits per heavy atom. The van der Waals surface area contributed by atoms with Gasteiger partial charge in [-0.2, -0.15) is 0 Å². The Balaban J connectivity index is 1.72. The smallest absolute Gasteiger partial charge is 0.325 e. The second-order valence-corrected chi connectivity index (χ2v) is 6.56. The molecule has 1 heterocycles. The molecule has 27 heavy (non-hydrogen) atoms. The van der Waals surface area contributed by atoms with Crippen molar-refractivity contribution in [2.75, 3.05) is 13.2 Å². The molecule has 142 valence electrons. The number of hydrogen-bond donors (Lipinski definition) is 1. The van der Waals surface area contributed by atoms with Crippen molar-refractivity contribution in [3.05, 3.63) is 66.0 Å². The number of hydrogen-bond acceptors (Lipinski definition) is 3. The molecular weight excluding hydrogens is 347 g/mol. The van der Waals surface area contributed by atoms with Crippen molar-refractivity contribution in [2.45, 2.75) is 31.7 Å². The Morgan fingerprint density at radius 2 is 1.78 bits per heavy atom. The van der Waals surface area contributed by atoms with Crippen molar-refractivity contribution in [1.29, 1.82) is 0 Å². The number of carbonyl (C=O) groups excluding carboxylic acids is 2. The fourth-order valence-corrected chi connectivity index (χ4v) is 3.29. The van der Waals surface area contributed by atoms with E-state index in [-0.39, 0.29) is 24.9 Å². The Kier molecular flexibility index (Phi) is 5.74. The molecule has 2 aromatic rings. The van der Waals surface area contributed by atoms with Crippen LogP contribution in [0.4, 0.5) is 9.18 Å². The first-order chi connectivity index (χ1) is 13.1. The fraction of sp³-hybridized carbons (Fsp3) is 0.333. The minimum absolute atomic E-state index is 0.128. The lowest BCUT2D eigenvalue weighted by Gasteiger charge is -2.27. The quantitative estimate of drug-likeness (QED) is 0.718. The van der Waals surface area contributed by atoms with Crippen molar-refractivity contribution < 1.29 is 18.7 Å². The molecule has 1 N–H and O–H groups in total. The lowest BCUT2D eigenvalue weighted by molar-refractivity contribution is -0.132. The number of ether oxygens (including phenoxy) is 1. The van der Waals surface area contributed by atoms with E-state index in [1.54, 1.807) is 0 Å². The zero-order valence-corrected chi connectivity index (χ0v) is 15.3. The molecule has 1 unspecified atom stereocenters. The summed E-state index contributed by atoms with van der Waals surface area (Å²) < 4.78 is 18.5. The monoisotopic (exact) mass is 370 g/mol. The predicted molar refractivity (Wildman–Crippen MR) is 99.8 cm³/mol. The number of nitrogens with one attached hydrogen (secondary N) is 1. The van der Waals surface area contributed by atoms with Gasteiger partial charge in [-0.25, -0.2) is 9.18 Å². The summed E-state index contributed by atoms with van der Waals surface area (Å²) in [6.45, 7) is 2.32. The van der Waals surface area contributed by atoms with Crippen molar-refractivity contribution in [3.8, 4) is 5.75 Å². The van der Waals surface area contributed by atoms with Crippen LogP contribution in [0.15, 0.2) is 54.6 Å². The van der Waals surface area contributed by atoms with Crippen LogP contribution in [0.25, 0.3) is 0 Å². The van der Waals surface area contributed by atoms with E-state index in [1.807, 2.05) is 37.3 Å². The summed E-state index contributed by atoms with van der Waals surface area (Å²) >= 11 is 0. The molecule has 3 rings (SSSR count). The van der Waals surface area contributed by atoms with E-state index in [1.165, 1.54) is 29.2 Å². The van der Waals surface area contributed by atoms with Crippen LogP contribution in [-0.2, 0) is 10.3 Å². The summed E-state index contributed by atoms with van der Waals surface area (Å²) in [6.07, 6.45) is 2.29. The predicted octanol–water partition coefficient (Wildman–Crippen LogP) is 3.84. The molecule has 0 aliphatic carbocycles. The molecule has 1 saturated heterocycles. The molecule has 1 fully saturated rings. The summed E-state index contributed by atoms with van der Waals surface area (Å²) in [4.78, 5) is 26.9. The van der Waals surface area contributed by atoms with Crippen LogP contribution in [0.2, 0.25) is 0 Å². The second kappa shape index (κ2) is 8.20. The number of rotatable bonds is 8. The van der Waals surface area contributed by atoms with Gasteiger partial charge in [0.05, 0.1) is 6.54 Å². The highest BCUT2D eigenvalue weighted by atomic mass is 19.1. The van der Waals surface area contributed by atoms with Gasteiger partial charge in [0.15, 0.2) is 0 Å². The first kappa shape index (κ1) is 18.9. The lowest BCUT2D eigenvalue weighted by atomic mass is 9.85. The molecule has 2 aromatic carbocycles. The minimum atomic E-state index is -1.02. The first-order valence-corrected chi connectivity index (χ1v) is 9.15. The van der Waals surface area contributed by atoms with Gasteiger partial charge in [-0.3, -0.25) is 9.69 Å². The molecule has 1 aliphatic rings. The van der Waals surface area contributed by atoms with E-state index >= 15 is 0 Å². The molecule has 0 radical (unpaired) electrons. The Labute approximate surface area is 158 Å². The van der Waals surface area contributed by atoms with E-state index in [0.717, 1.165) is 18.4 Å². The van der Waals surface area contributed by atoms with Crippen LogP contribution in [0.3, 0.4) is 0 Å². The summed E-state index contributed by atoms with van der Waals surface area (Å²) in [5, 5.41) is 2.91. The highest BCUT2D eigenvalue weighted by Crippen LogP contribution is 2.34. The maximum atomic E-state index is 13.2.